The average Bonchev–Trinajstić information content (AvgIpc) is 3.47. The monoisotopic (exact) mass is 426 g/mol. The van der Waals surface area contributed by atoms with Crippen LogP contribution in [0.15, 0.2) is 48.8 Å². The first-order chi connectivity index (χ1) is 15.6. The number of hydrogen-bond acceptors (Lipinski definition) is 7. The first kappa shape index (κ1) is 18.7. The van der Waals surface area contributed by atoms with Gasteiger partial charge >= 0.3 is 0 Å². The van der Waals surface area contributed by atoms with Crippen LogP contribution in [0.4, 0.5) is 5.82 Å². The molecule has 32 heavy (non-hydrogen) atoms. The fraction of sp³-hybridized carbons (Fsp3) is 0.273. The molecule has 1 aromatic carbocycles. The van der Waals surface area contributed by atoms with Crippen LogP contribution in [0.3, 0.4) is 0 Å². The minimum atomic E-state index is 0.342. The van der Waals surface area contributed by atoms with Crippen LogP contribution in [-0.2, 0) is 7.05 Å². The molecule has 10 nitrogen and oxygen atoms in total. The predicted octanol–water partition coefficient (Wildman–Crippen LogP) is 2.35. The molecule has 0 bridgehead atoms. The summed E-state index contributed by atoms with van der Waals surface area (Å²) in [6, 6.07) is 12.1. The van der Waals surface area contributed by atoms with Crippen LogP contribution in [0.25, 0.3) is 22.8 Å². The van der Waals surface area contributed by atoms with E-state index in [4.69, 9.17) is 9.97 Å². The van der Waals surface area contributed by atoms with Crippen LogP contribution in [0.2, 0.25) is 0 Å². The van der Waals surface area contributed by atoms with E-state index in [0.29, 0.717) is 23.5 Å². The number of anilines is 1. The van der Waals surface area contributed by atoms with Gasteiger partial charge < -0.3 is 9.47 Å². The van der Waals surface area contributed by atoms with Crippen molar-refractivity contribution >= 4 is 16.9 Å². The van der Waals surface area contributed by atoms with Crippen LogP contribution >= 0.6 is 0 Å². The molecule has 4 aromatic heterocycles. The highest BCUT2D eigenvalue weighted by molar-refractivity contribution is 5.76. The van der Waals surface area contributed by atoms with Crippen molar-refractivity contribution in [1.29, 1.82) is 0 Å². The zero-order valence-electron chi connectivity index (χ0n) is 18.1. The van der Waals surface area contributed by atoms with Gasteiger partial charge in [0.1, 0.15) is 23.3 Å². The van der Waals surface area contributed by atoms with Crippen LogP contribution in [0.1, 0.15) is 23.4 Å². The number of aryl methyl sites for hydroxylation is 3. The van der Waals surface area contributed by atoms with Crippen molar-refractivity contribution in [2.24, 2.45) is 7.05 Å². The SMILES string of the molecule is Cc1nc(C)n(-c2cc(N3CC(c4nc5ccccc5n4C)C3)nc(-n3cccn3)n2)n1. The third-order valence-electron chi connectivity index (χ3n) is 5.88. The van der Waals surface area contributed by atoms with E-state index in [2.05, 4.69) is 48.8 Å². The van der Waals surface area contributed by atoms with E-state index in [0.717, 1.165) is 41.6 Å². The number of aromatic nitrogens is 9. The van der Waals surface area contributed by atoms with Crippen molar-refractivity contribution in [1.82, 2.24) is 44.1 Å². The first-order valence-corrected chi connectivity index (χ1v) is 10.5. The van der Waals surface area contributed by atoms with Gasteiger partial charge in [0.2, 0.25) is 0 Å². The Kier molecular flexibility index (Phi) is 4.07. The summed E-state index contributed by atoms with van der Waals surface area (Å²) in [5.74, 6) is 4.93. The second-order valence-electron chi connectivity index (χ2n) is 8.07. The fourth-order valence-electron chi connectivity index (χ4n) is 4.27. The molecule has 1 saturated heterocycles. The van der Waals surface area contributed by atoms with Gasteiger partial charge in [0.25, 0.3) is 5.95 Å². The molecule has 0 spiro atoms. The van der Waals surface area contributed by atoms with E-state index in [9.17, 15) is 0 Å². The summed E-state index contributed by atoms with van der Waals surface area (Å²) in [5.41, 5.74) is 2.19. The van der Waals surface area contributed by atoms with E-state index >= 15 is 0 Å². The molecule has 0 unspecified atom stereocenters. The highest BCUT2D eigenvalue weighted by Gasteiger charge is 2.33. The highest BCUT2D eigenvalue weighted by atomic mass is 15.4. The second kappa shape index (κ2) is 6.98. The number of hydrogen-bond donors (Lipinski definition) is 0. The van der Waals surface area contributed by atoms with E-state index in [1.807, 2.05) is 44.3 Å². The molecule has 0 amide bonds. The molecule has 0 radical (unpaired) electrons. The summed E-state index contributed by atoms with van der Waals surface area (Å²) < 4.78 is 5.60. The van der Waals surface area contributed by atoms with E-state index in [1.54, 1.807) is 15.6 Å². The standard InChI is InChI=1S/C22H22N10/c1-14-24-15(2)32(28-14)20-11-19(26-22(27-20)31-10-6-9-23-31)30-12-16(13-30)21-25-17-7-4-5-8-18(17)29(21)3/h4-11,16H,12-13H2,1-3H3. The smallest absolute Gasteiger partial charge is 0.254 e. The van der Waals surface area contributed by atoms with Crippen LogP contribution in [0.5, 0.6) is 0 Å². The molecular weight excluding hydrogens is 404 g/mol. The van der Waals surface area contributed by atoms with Gasteiger partial charge in [-0.1, -0.05) is 12.1 Å². The lowest BCUT2D eigenvalue weighted by Crippen LogP contribution is -2.46. The van der Waals surface area contributed by atoms with Gasteiger partial charge in [-0.2, -0.15) is 19.7 Å². The molecule has 0 saturated carbocycles. The maximum Gasteiger partial charge on any atom is 0.254 e. The van der Waals surface area contributed by atoms with Crippen molar-refractivity contribution in [3.63, 3.8) is 0 Å². The van der Waals surface area contributed by atoms with E-state index < -0.39 is 0 Å². The zero-order chi connectivity index (χ0) is 21.8. The molecule has 10 heteroatoms. The Balaban J connectivity index is 1.35. The number of para-hydroxylation sites is 2. The third kappa shape index (κ3) is 2.95. The average molecular weight is 426 g/mol. The van der Waals surface area contributed by atoms with Gasteiger partial charge in [0.15, 0.2) is 5.82 Å². The van der Waals surface area contributed by atoms with Gasteiger partial charge in [0, 0.05) is 38.6 Å². The molecular formula is C22H22N10. The number of nitrogens with zero attached hydrogens (tertiary/aromatic N) is 10. The van der Waals surface area contributed by atoms with E-state index in [1.165, 1.54) is 0 Å². The van der Waals surface area contributed by atoms with Crippen LogP contribution < -0.4 is 4.90 Å². The topological polar surface area (TPSA) is 95.4 Å². The molecule has 0 atom stereocenters. The van der Waals surface area contributed by atoms with Gasteiger partial charge in [0.05, 0.1) is 17.0 Å². The Hall–Kier alpha value is -4.08. The number of benzene rings is 1. The lowest BCUT2D eigenvalue weighted by atomic mass is 9.99. The minimum Gasteiger partial charge on any atom is -0.355 e. The Morgan fingerprint density at radius 3 is 2.47 bits per heavy atom. The van der Waals surface area contributed by atoms with Crippen LogP contribution in [0, 0.1) is 13.8 Å². The Morgan fingerprint density at radius 2 is 1.75 bits per heavy atom. The zero-order valence-corrected chi connectivity index (χ0v) is 18.1. The normalized spacial score (nSPS) is 14.3. The summed E-state index contributed by atoms with van der Waals surface area (Å²) in [4.78, 5) is 21.0. The summed E-state index contributed by atoms with van der Waals surface area (Å²) in [5, 5.41) is 8.81. The number of rotatable bonds is 4. The number of imidazole rings is 1. The summed E-state index contributed by atoms with van der Waals surface area (Å²) in [6.45, 7) is 5.46. The maximum absolute atomic E-state index is 4.87. The second-order valence-corrected chi connectivity index (χ2v) is 8.07. The third-order valence-corrected chi connectivity index (χ3v) is 5.88. The maximum atomic E-state index is 4.87. The molecule has 5 aromatic rings. The number of fused-ring (bicyclic) bond motifs is 1. The molecule has 5 heterocycles. The highest BCUT2D eigenvalue weighted by Crippen LogP contribution is 2.32. The van der Waals surface area contributed by atoms with Crippen molar-refractivity contribution < 1.29 is 0 Å². The lowest BCUT2D eigenvalue weighted by molar-refractivity contribution is 0.485. The summed E-state index contributed by atoms with van der Waals surface area (Å²) >= 11 is 0. The Bertz CT molecular complexity index is 1420. The molecule has 1 aliphatic rings. The van der Waals surface area contributed by atoms with Crippen molar-refractivity contribution in [3.05, 3.63) is 66.3 Å². The fourth-order valence-corrected chi connectivity index (χ4v) is 4.27. The Morgan fingerprint density at radius 1 is 0.938 bits per heavy atom. The molecule has 1 fully saturated rings. The molecule has 6 rings (SSSR count). The van der Waals surface area contributed by atoms with Crippen LogP contribution in [-0.4, -0.2) is 57.2 Å². The van der Waals surface area contributed by atoms with Gasteiger partial charge in [-0.05, 0) is 32.0 Å². The lowest BCUT2D eigenvalue weighted by Gasteiger charge is -2.39. The molecule has 0 aliphatic carbocycles. The molecule has 160 valence electrons. The van der Waals surface area contributed by atoms with E-state index in [-0.39, 0.29) is 0 Å². The minimum absolute atomic E-state index is 0.342. The van der Waals surface area contributed by atoms with Gasteiger partial charge in [-0.15, -0.1) is 5.10 Å². The van der Waals surface area contributed by atoms with Crippen molar-refractivity contribution in [3.8, 4) is 11.8 Å². The molecule has 0 N–H and O–H groups in total. The van der Waals surface area contributed by atoms with Gasteiger partial charge in [-0.3, -0.25) is 0 Å². The summed E-state index contributed by atoms with van der Waals surface area (Å²) in [6.07, 6.45) is 3.55. The quantitative estimate of drug-likeness (QED) is 0.435. The Labute approximate surface area is 184 Å². The molecule has 1 aliphatic heterocycles. The summed E-state index contributed by atoms with van der Waals surface area (Å²) in [7, 11) is 2.09. The van der Waals surface area contributed by atoms with Crippen molar-refractivity contribution in [2.45, 2.75) is 19.8 Å². The van der Waals surface area contributed by atoms with Gasteiger partial charge in [-0.25, -0.2) is 14.6 Å². The largest absolute Gasteiger partial charge is 0.355 e. The first-order valence-electron chi connectivity index (χ1n) is 10.5. The van der Waals surface area contributed by atoms with Crippen molar-refractivity contribution in [2.75, 3.05) is 18.0 Å². The predicted molar refractivity (Wildman–Crippen MR) is 119 cm³/mol.